The van der Waals surface area contributed by atoms with Crippen LogP contribution in [0.5, 0.6) is 0 Å². The van der Waals surface area contributed by atoms with Gasteiger partial charge in [-0.15, -0.1) is 0 Å². The number of hydrogen-bond acceptors (Lipinski definition) is 4. The van der Waals surface area contributed by atoms with E-state index in [2.05, 4.69) is 0 Å². The maximum Gasteiger partial charge on any atom is 0.339 e. The van der Waals surface area contributed by atoms with E-state index in [-0.39, 0.29) is 11.1 Å². The summed E-state index contributed by atoms with van der Waals surface area (Å²) < 4.78 is 10.6. The molecule has 0 saturated heterocycles. The second-order valence-electron chi connectivity index (χ2n) is 6.69. The highest BCUT2D eigenvalue weighted by Crippen LogP contribution is 2.22. The Bertz CT molecular complexity index is 550. The minimum absolute atomic E-state index is 0.103. The highest BCUT2D eigenvalue weighted by Gasteiger charge is 2.26. The van der Waals surface area contributed by atoms with Crippen molar-refractivity contribution in [3.8, 4) is 0 Å². The van der Waals surface area contributed by atoms with Gasteiger partial charge in [-0.05, 0) is 59.7 Å². The van der Waals surface area contributed by atoms with Gasteiger partial charge in [-0.25, -0.2) is 9.59 Å². The fourth-order valence-electron chi connectivity index (χ4n) is 1.53. The summed E-state index contributed by atoms with van der Waals surface area (Å²) in [6.07, 6.45) is 0. The largest absolute Gasteiger partial charge is 0.456 e. The van der Waals surface area contributed by atoms with Crippen molar-refractivity contribution in [2.45, 2.75) is 52.7 Å². The van der Waals surface area contributed by atoms with E-state index in [0.29, 0.717) is 5.02 Å². The van der Waals surface area contributed by atoms with Gasteiger partial charge < -0.3 is 9.47 Å². The van der Waals surface area contributed by atoms with Gasteiger partial charge in [-0.2, -0.15) is 0 Å². The predicted octanol–water partition coefficient (Wildman–Crippen LogP) is 4.25. The van der Waals surface area contributed by atoms with Gasteiger partial charge in [0.1, 0.15) is 11.2 Å². The fourth-order valence-corrected chi connectivity index (χ4v) is 1.70. The minimum atomic E-state index is -0.662. The van der Waals surface area contributed by atoms with Gasteiger partial charge in [0.25, 0.3) is 0 Å². The van der Waals surface area contributed by atoms with Crippen LogP contribution in [0.2, 0.25) is 5.02 Å². The number of halogens is 1. The lowest BCUT2D eigenvalue weighted by Crippen LogP contribution is -2.27. The maximum absolute atomic E-state index is 12.2. The van der Waals surface area contributed by atoms with Crippen molar-refractivity contribution in [2.24, 2.45) is 0 Å². The highest BCUT2D eigenvalue weighted by molar-refractivity contribution is 6.31. The molecule has 1 rings (SSSR count). The lowest BCUT2D eigenvalue weighted by molar-refractivity contribution is 0.00187. The van der Waals surface area contributed by atoms with Crippen LogP contribution in [0.3, 0.4) is 0 Å². The number of hydrogen-bond donors (Lipinski definition) is 0. The summed E-state index contributed by atoms with van der Waals surface area (Å²) in [7, 11) is 0. The maximum atomic E-state index is 12.2. The van der Waals surface area contributed by atoms with Crippen molar-refractivity contribution in [1.29, 1.82) is 0 Å². The van der Waals surface area contributed by atoms with Crippen molar-refractivity contribution in [1.82, 2.24) is 0 Å². The Hall–Kier alpha value is -1.55. The molecule has 0 unspecified atom stereocenters. The van der Waals surface area contributed by atoms with Crippen LogP contribution >= 0.6 is 11.6 Å². The molecule has 0 bridgehead atoms. The zero-order valence-electron chi connectivity index (χ0n) is 13.2. The zero-order chi connectivity index (χ0) is 16.4. The van der Waals surface area contributed by atoms with Crippen LogP contribution in [0.15, 0.2) is 18.2 Å². The van der Waals surface area contributed by atoms with Crippen molar-refractivity contribution in [3.05, 3.63) is 34.3 Å². The van der Waals surface area contributed by atoms with Crippen LogP contribution in [-0.4, -0.2) is 23.1 Å². The molecule has 0 saturated carbocycles. The van der Waals surface area contributed by atoms with Crippen molar-refractivity contribution in [3.63, 3.8) is 0 Å². The standard InChI is InChI=1S/C16H21ClO4/c1-15(2,3)20-13(18)11-8-7-10(17)9-12(11)14(19)21-16(4,5)6/h7-9H,1-6H3. The van der Waals surface area contributed by atoms with Crippen LogP contribution in [0.25, 0.3) is 0 Å². The third kappa shape index (κ3) is 5.76. The van der Waals surface area contributed by atoms with E-state index in [1.54, 1.807) is 41.5 Å². The Morgan fingerprint density at radius 3 is 1.71 bits per heavy atom. The molecular weight excluding hydrogens is 292 g/mol. The summed E-state index contributed by atoms with van der Waals surface area (Å²) in [6.45, 7) is 10.5. The molecule has 21 heavy (non-hydrogen) atoms. The number of carbonyl (C=O) groups excluding carboxylic acids is 2. The summed E-state index contributed by atoms with van der Waals surface area (Å²) in [5.41, 5.74) is -1.07. The van der Waals surface area contributed by atoms with Crippen LogP contribution in [-0.2, 0) is 9.47 Å². The van der Waals surface area contributed by atoms with E-state index in [0.717, 1.165) is 0 Å². The molecule has 0 aliphatic carbocycles. The zero-order valence-corrected chi connectivity index (χ0v) is 14.0. The van der Waals surface area contributed by atoms with Gasteiger partial charge in [0, 0.05) is 5.02 Å². The molecule has 0 aromatic heterocycles. The highest BCUT2D eigenvalue weighted by atomic mass is 35.5. The molecule has 0 heterocycles. The monoisotopic (exact) mass is 312 g/mol. The molecule has 0 amide bonds. The Balaban J connectivity index is 3.17. The Kier molecular flexibility index (Phi) is 5.05. The molecule has 0 aliphatic rings. The number of carbonyl (C=O) groups is 2. The predicted molar refractivity (Wildman–Crippen MR) is 81.8 cm³/mol. The lowest BCUT2D eigenvalue weighted by Gasteiger charge is -2.22. The third-order valence-corrected chi connectivity index (χ3v) is 2.45. The normalized spacial score (nSPS) is 12.0. The fraction of sp³-hybridized carbons (Fsp3) is 0.500. The minimum Gasteiger partial charge on any atom is -0.456 e. The van der Waals surface area contributed by atoms with Crippen LogP contribution in [0, 0.1) is 0 Å². The number of benzene rings is 1. The average molecular weight is 313 g/mol. The molecule has 1 aromatic rings. The van der Waals surface area contributed by atoms with E-state index in [1.165, 1.54) is 18.2 Å². The number of ether oxygens (including phenoxy) is 2. The lowest BCUT2D eigenvalue weighted by atomic mass is 10.1. The van der Waals surface area contributed by atoms with E-state index >= 15 is 0 Å². The molecule has 1 aromatic carbocycles. The quantitative estimate of drug-likeness (QED) is 0.766. The first kappa shape index (κ1) is 17.5. The first-order valence-corrected chi connectivity index (χ1v) is 7.03. The van der Waals surface area contributed by atoms with Crippen molar-refractivity contribution >= 4 is 23.5 Å². The summed E-state index contributed by atoms with van der Waals surface area (Å²) in [6, 6.07) is 4.42. The van der Waals surface area contributed by atoms with Gasteiger partial charge >= 0.3 is 11.9 Å². The molecule has 0 N–H and O–H groups in total. The summed E-state index contributed by atoms with van der Waals surface area (Å²) in [5, 5.41) is 0.350. The number of esters is 2. The summed E-state index contributed by atoms with van der Waals surface area (Å²) in [4.78, 5) is 24.4. The van der Waals surface area contributed by atoms with Gasteiger partial charge in [-0.3, -0.25) is 0 Å². The molecule has 5 heteroatoms. The smallest absolute Gasteiger partial charge is 0.339 e. The van der Waals surface area contributed by atoms with E-state index in [4.69, 9.17) is 21.1 Å². The molecule has 0 atom stereocenters. The van der Waals surface area contributed by atoms with Crippen molar-refractivity contribution in [2.75, 3.05) is 0 Å². The Morgan fingerprint density at radius 2 is 1.29 bits per heavy atom. The van der Waals surface area contributed by atoms with E-state index in [9.17, 15) is 9.59 Å². The van der Waals surface area contributed by atoms with Gasteiger partial charge in [0.15, 0.2) is 0 Å². The van der Waals surface area contributed by atoms with Gasteiger partial charge in [0.05, 0.1) is 11.1 Å². The molecular formula is C16H21ClO4. The second kappa shape index (κ2) is 6.06. The number of rotatable bonds is 2. The summed E-state index contributed by atoms with van der Waals surface area (Å²) >= 11 is 5.91. The molecule has 0 spiro atoms. The molecule has 4 nitrogen and oxygen atoms in total. The van der Waals surface area contributed by atoms with Crippen molar-refractivity contribution < 1.29 is 19.1 Å². The molecule has 116 valence electrons. The Morgan fingerprint density at radius 1 is 0.857 bits per heavy atom. The molecule has 0 radical (unpaired) electrons. The molecule has 0 fully saturated rings. The topological polar surface area (TPSA) is 52.6 Å². The van der Waals surface area contributed by atoms with E-state index < -0.39 is 23.1 Å². The van der Waals surface area contributed by atoms with Gasteiger partial charge in [-0.1, -0.05) is 11.6 Å². The molecule has 0 aliphatic heterocycles. The van der Waals surface area contributed by atoms with E-state index in [1.807, 2.05) is 0 Å². The van der Waals surface area contributed by atoms with Crippen LogP contribution < -0.4 is 0 Å². The first-order valence-electron chi connectivity index (χ1n) is 6.65. The average Bonchev–Trinajstić information content (AvgIpc) is 2.23. The Labute approximate surface area is 130 Å². The van der Waals surface area contributed by atoms with Gasteiger partial charge in [0.2, 0.25) is 0 Å². The van der Waals surface area contributed by atoms with Crippen LogP contribution in [0.1, 0.15) is 62.3 Å². The second-order valence-corrected chi connectivity index (χ2v) is 7.13. The first-order chi connectivity index (χ1) is 9.39. The summed E-state index contributed by atoms with van der Waals surface area (Å²) in [5.74, 6) is -1.19. The van der Waals surface area contributed by atoms with Crippen LogP contribution in [0.4, 0.5) is 0 Å². The SMILES string of the molecule is CC(C)(C)OC(=O)c1ccc(Cl)cc1C(=O)OC(C)(C)C. The third-order valence-electron chi connectivity index (χ3n) is 2.22.